The molecule has 1 amide bonds. The summed E-state index contributed by atoms with van der Waals surface area (Å²) in [5.74, 6) is -0.519. The van der Waals surface area contributed by atoms with Crippen LogP contribution in [-0.4, -0.2) is 32.2 Å². The molecule has 3 rings (SSSR count). The van der Waals surface area contributed by atoms with E-state index in [1.54, 1.807) is 18.2 Å². The molecule has 1 aromatic carbocycles. The molecular formula is C14H11N5O3S2. The van der Waals surface area contributed by atoms with E-state index < -0.39 is 5.56 Å². The summed E-state index contributed by atoms with van der Waals surface area (Å²) in [4.78, 5) is 36.1. The fraction of sp³-hybridized carbons (Fsp3) is 0.0714. The van der Waals surface area contributed by atoms with Gasteiger partial charge in [0.1, 0.15) is 5.56 Å². The Balaban J connectivity index is 1.94. The lowest BCUT2D eigenvalue weighted by atomic mass is 10.3. The Kier molecular flexibility index (Phi) is 4.23. The number of nitrogens with one attached hydrogen (secondary N) is 3. The van der Waals surface area contributed by atoms with Gasteiger partial charge in [-0.05, 0) is 30.4 Å². The zero-order valence-electron chi connectivity index (χ0n) is 12.3. The van der Waals surface area contributed by atoms with E-state index in [9.17, 15) is 14.7 Å². The number of nitrogens with zero attached hydrogens (tertiary/aromatic N) is 2. The summed E-state index contributed by atoms with van der Waals surface area (Å²) >= 11 is 6.04. The number of hydrogen-bond acceptors (Lipinski definition) is 7. The summed E-state index contributed by atoms with van der Waals surface area (Å²) in [6, 6.07) is 5.29. The number of fused-ring (bicyclic) bond motifs is 1. The van der Waals surface area contributed by atoms with Crippen molar-refractivity contribution in [3.8, 4) is 5.88 Å². The summed E-state index contributed by atoms with van der Waals surface area (Å²) in [5, 5.41) is 12.8. The highest BCUT2D eigenvalue weighted by Gasteiger charge is 2.07. The van der Waals surface area contributed by atoms with Gasteiger partial charge in [0.05, 0.1) is 10.2 Å². The number of anilines is 1. The van der Waals surface area contributed by atoms with Crippen LogP contribution in [-0.2, 0) is 4.79 Å². The highest BCUT2D eigenvalue weighted by Crippen LogP contribution is 2.30. The number of amides is 1. The van der Waals surface area contributed by atoms with Crippen LogP contribution in [0.25, 0.3) is 10.2 Å². The third-order valence-electron chi connectivity index (χ3n) is 2.96. The van der Waals surface area contributed by atoms with Gasteiger partial charge in [0.25, 0.3) is 5.56 Å². The second kappa shape index (κ2) is 6.34. The van der Waals surface area contributed by atoms with E-state index in [0.717, 1.165) is 4.70 Å². The first kappa shape index (κ1) is 16.0. The van der Waals surface area contributed by atoms with Gasteiger partial charge < -0.3 is 15.4 Å². The molecule has 0 saturated carbocycles. The van der Waals surface area contributed by atoms with Gasteiger partial charge >= 0.3 is 0 Å². The van der Waals surface area contributed by atoms with Crippen LogP contribution in [0.1, 0.15) is 12.5 Å². The fourth-order valence-corrected chi connectivity index (χ4v) is 3.01. The molecule has 2 heterocycles. The minimum absolute atomic E-state index is 0.0279. The molecule has 122 valence electrons. The lowest BCUT2D eigenvalue weighted by molar-refractivity contribution is -0.114. The average molecular weight is 361 g/mol. The highest BCUT2D eigenvalue weighted by molar-refractivity contribution is 7.71. The third-order valence-corrected chi connectivity index (χ3v) is 4.09. The molecule has 0 saturated heterocycles. The predicted molar refractivity (Wildman–Crippen MR) is 95.1 cm³/mol. The van der Waals surface area contributed by atoms with Crippen LogP contribution in [0.4, 0.5) is 10.8 Å². The van der Waals surface area contributed by atoms with Crippen molar-refractivity contribution >= 4 is 56.7 Å². The van der Waals surface area contributed by atoms with Crippen molar-refractivity contribution < 1.29 is 9.90 Å². The molecule has 0 atom stereocenters. The summed E-state index contributed by atoms with van der Waals surface area (Å²) < 4.78 is 0.860. The number of carbonyl (C=O) groups is 1. The number of benzene rings is 1. The minimum atomic E-state index is -0.547. The van der Waals surface area contributed by atoms with Gasteiger partial charge in [0.15, 0.2) is 4.77 Å². The minimum Gasteiger partial charge on any atom is -0.494 e. The quantitative estimate of drug-likeness (QED) is 0.421. The first-order valence-corrected chi connectivity index (χ1v) is 7.92. The molecule has 0 fully saturated rings. The van der Waals surface area contributed by atoms with Crippen LogP contribution < -0.4 is 10.9 Å². The maximum absolute atomic E-state index is 11.8. The van der Waals surface area contributed by atoms with Crippen molar-refractivity contribution in [1.82, 2.24) is 15.0 Å². The average Bonchev–Trinajstić information content (AvgIpc) is 2.87. The third kappa shape index (κ3) is 3.39. The van der Waals surface area contributed by atoms with Gasteiger partial charge in [-0.2, -0.15) is 0 Å². The molecular weight excluding hydrogens is 350 g/mol. The van der Waals surface area contributed by atoms with Crippen molar-refractivity contribution in [3.63, 3.8) is 0 Å². The van der Waals surface area contributed by atoms with E-state index in [-0.39, 0.29) is 22.1 Å². The Labute approximate surface area is 143 Å². The van der Waals surface area contributed by atoms with E-state index >= 15 is 0 Å². The first-order chi connectivity index (χ1) is 11.4. The zero-order chi connectivity index (χ0) is 17.3. The smallest absolute Gasteiger partial charge is 0.264 e. The molecule has 0 aliphatic rings. The SMILES string of the molecule is CC(=O)Nc1ccc2nc(N=Cc3c(O)[nH]c(=S)[nH]c3=O)sc2c1. The molecule has 0 aliphatic heterocycles. The second-order valence-electron chi connectivity index (χ2n) is 4.79. The molecule has 8 nitrogen and oxygen atoms in total. The van der Waals surface area contributed by atoms with E-state index in [1.807, 2.05) is 0 Å². The Bertz CT molecular complexity index is 1080. The van der Waals surface area contributed by atoms with Gasteiger partial charge in [-0.15, -0.1) is 0 Å². The molecule has 0 bridgehead atoms. The number of carbonyl (C=O) groups excluding carboxylic acids is 1. The van der Waals surface area contributed by atoms with E-state index in [1.165, 1.54) is 24.5 Å². The first-order valence-electron chi connectivity index (χ1n) is 6.70. The molecule has 4 N–H and O–H groups in total. The van der Waals surface area contributed by atoms with Crippen LogP contribution in [0.15, 0.2) is 28.0 Å². The number of aromatic amines is 2. The van der Waals surface area contributed by atoms with Crippen molar-refractivity contribution in [1.29, 1.82) is 0 Å². The molecule has 0 radical (unpaired) electrons. The monoisotopic (exact) mass is 361 g/mol. The van der Waals surface area contributed by atoms with E-state index in [4.69, 9.17) is 12.2 Å². The Morgan fingerprint density at radius 2 is 2.25 bits per heavy atom. The van der Waals surface area contributed by atoms with Crippen molar-refractivity contribution in [2.24, 2.45) is 4.99 Å². The number of thiazole rings is 1. The molecule has 10 heteroatoms. The van der Waals surface area contributed by atoms with Gasteiger partial charge in [0.2, 0.25) is 16.9 Å². The van der Waals surface area contributed by atoms with Crippen LogP contribution in [0.5, 0.6) is 5.88 Å². The summed E-state index contributed by atoms with van der Waals surface area (Å²) in [5.41, 5.74) is 0.793. The molecule has 2 aromatic heterocycles. The van der Waals surface area contributed by atoms with Gasteiger partial charge in [-0.1, -0.05) is 11.3 Å². The van der Waals surface area contributed by atoms with Crippen molar-refractivity contribution in [2.45, 2.75) is 6.92 Å². The van der Waals surface area contributed by atoms with Crippen LogP contribution >= 0.6 is 23.6 Å². The topological polar surface area (TPSA) is 123 Å². The zero-order valence-corrected chi connectivity index (χ0v) is 13.9. The molecule has 3 aromatic rings. The van der Waals surface area contributed by atoms with Crippen molar-refractivity contribution in [2.75, 3.05) is 5.32 Å². The van der Waals surface area contributed by atoms with Crippen LogP contribution in [0.2, 0.25) is 0 Å². The standard InChI is InChI=1S/C14H11N5O3S2/c1-6(20)16-7-2-3-9-10(4-7)24-14(17-9)15-5-8-11(21)18-13(23)19-12(8)22/h2-5H,1H3,(H,16,20)(H3,18,19,21,22,23). The fourth-order valence-electron chi connectivity index (χ4n) is 1.97. The maximum Gasteiger partial charge on any atom is 0.264 e. The number of aromatic hydroxyl groups is 1. The maximum atomic E-state index is 11.8. The van der Waals surface area contributed by atoms with Crippen LogP contribution in [0.3, 0.4) is 0 Å². The molecule has 24 heavy (non-hydrogen) atoms. The van der Waals surface area contributed by atoms with Gasteiger partial charge in [0, 0.05) is 18.8 Å². The van der Waals surface area contributed by atoms with E-state index in [2.05, 4.69) is 25.3 Å². The Morgan fingerprint density at radius 3 is 2.96 bits per heavy atom. The van der Waals surface area contributed by atoms with Crippen LogP contribution in [0, 0.1) is 4.77 Å². The number of H-pyrrole nitrogens is 2. The van der Waals surface area contributed by atoms with Crippen molar-refractivity contribution in [3.05, 3.63) is 38.9 Å². The summed E-state index contributed by atoms with van der Waals surface area (Å²) in [7, 11) is 0. The Morgan fingerprint density at radius 1 is 1.46 bits per heavy atom. The number of aromatic nitrogens is 3. The normalized spacial score (nSPS) is 11.2. The van der Waals surface area contributed by atoms with E-state index in [0.29, 0.717) is 16.3 Å². The predicted octanol–water partition coefficient (Wildman–Crippen LogP) is 2.46. The Hall–Kier alpha value is -2.85. The lowest BCUT2D eigenvalue weighted by Crippen LogP contribution is -2.13. The largest absolute Gasteiger partial charge is 0.494 e. The molecule has 0 spiro atoms. The number of rotatable bonds is 3. The van der Waals surface area contributed by atoms with Gasteiger partial charge in [-0.3, -0.25) is 14.6 Å². The lowest BCUT2D eigenvalue weighted by Gasteiger charge is -1.99. The number of aliphatic imine (C=N–C) groups is 1. The summed E-state index contributed by atoms with van der Waals surface area (Å²) in [6.07, 6.45) is 1.21. The van der Waals surface area contributed by atoms with Gasteiger partial charge in [-0.25, -0.2) is 9.98 Å². The molecule has 0 aliphatic carbocycles. The number of hydrogen-bond donors (Lipinski definition) is 4. The summed E-state index contributed by atoms with van der Waals surface area (Å²) in [6.45, 7) is 1.43. The second-order valence-corrected chi connectivity index (χ2v) is 6.21. The molecule has 0 unspecified atom stereocenters. The highest BCUT2D eigenvalue weighted by atomic mass is 32.1.